The van der Waals surface area contributed by atoms with Gasteiger partial charge in [0.2, 0.25) is 0 Å². The standard InChI is InChI=1S/C16H24N2O2S/c1-2-11-6-8-21-15(11)10-17-16(19)18-13-5-7-20-14(9-13)12-3-4-12/h6,8,12-14H,2-5,7,9-10H2,1H3,(H2,17,18,19)/t13-,14-/m0/s1. The van der Waals surface area contributed by atoms with Gasteiger partial charge in [-0.15, -0.1) is 11.3 Å². The number of ether oxygens (including phenoxy) is 1. The summed E-state index contributed by atoms with van der Waals surface area (Å²) in [5.41, 5.74) is 1.33. The highest BCUT2D eigenvalue weighted by Gasteiger charge is 2.36. The number of aryl methyl sites for hydroxylation is 1. The first kappa shape index (κ1) is 14.9. The highest BCUT2D eigenvalue weighted by Crippen LogP contribution is 2.38. The second-order valence-electron chi connectivity index (χ2n) is 6.02. The molecule has 1 aromatic heterocycles. The molecule has 2 atom stereocenters. The van der Waals surface area contributed by atoms with Crippen LogP contribution in [0.25, 0.3) is 0 Å². The van der Waals surface area contributed by atoms with Gasteiger partial charge in [-0.05, 0) is 55.0 Å². The molecule has 2 fully saturated rings. The maximum absolute atomic E-state index is 12.0. The van der Waals surface area contributed by atoms with Crippen molar-refractivity contribution >= 4 is 17.4 Å². The van der Waals surface area contributed by atoms with Gasteiger partial charge in [0.1, 0.15) is 0 Å². The Morgan fingerprint density at radius 1 is 1.43 bits per heavy atom. The van der Waals surface area contributed by atoms with Crippen LogP contribution in [0.15, 0.2) is 11.4 Å². The minimum Gasteiger partial charge on any atom is -0.378 e. The Bertz CT molecular complexity index is 484. The summed E-state index contributed by atoms with van der Waals surface area (Å²) in [6.07, 6.45) is 5.87. The number of hydrogen-bond donors (Lipinski definition) is 2. The number of nitrogens with one attached hydrogen (secondary N) is 2. The summed E-state index contributed by atoms with van der Waals surface area (Å²) in [7, 11) is 0. The molecular formula is C16H24N2O2S. The van der Waals surface area contributed by atoms with E-state index in [9.17, 15) is 4.79 Å². The largest absolute Gasteiger partial charge is 0.378 e. The summed E-state index contributed by atoms with van der Waals surface area (Å²) in [6.45, 7) is 3.55. The molecule has 2 amide bonds. The number of carbonyl (C=O) groups excluding carboxylic acids is 1. The van der Waals surface area contributed by atoms with Gasteiger partial charge in [0.05, 0.1) is 12.6 Å². The third-order valence-electron chi connectivity index (χ3n) is 4.43. The zero-order valence-electron chi connectivity index (χ0n) is 12.6. The molecule has 2 N–H and O–H groups in total. The van der Waals surface area contributed by atoms with Crippen molar-refractivity contribution in [2.24, 2.45) is 5.92 Å². The van der Waals surface area contributed by atoms with E-state index in [1.165, 1.54) is 23.3 Å². The van der Waals surface area contributed by atoms with E-state index in [0.717, 1.165) is 31.8 Å². The quantitative estimate of drug-likeness (QED) is 0.878. The molecule has 21 heavy (non-hydrogen) atoms. The molecule has 1 aliphatic carbocycles. The fraction of sp³-hybridized carbons (Fsp3) is 0.688. The Balaban J connectivity index is 1.43. The van der Waals surface area contributed by atoms with Crippen LogP contribution in [0.4, 0.5) is 4.79 Å². The lowest BCUT2D eigenvalue weighted by atomic mass is 10.0. The average molecular weight is 308 g/mol. The Hall–Kier alpha value is -1.07. The fourth-order valence-corrected chi connectivity index (χ4v) is 3.91. The van der Waals surface area contributed by atoms with E-state index in [4.69, 9.17) is 4.74 Å². The topological polar surface area (TPSA) is 50.4 Å². The monoisotopic (exact) mass is 308 g/mol. The molecule has 1 aromatic rings. The molecule has 0 unspecified atom stereocenters. The summed E-state index contributed by atoms with van der Waals surface area (Å²) in [4.78, 5) is 13.3. The molecule has 0 aromatic carbocycles. The first-order valence-corrected chi connectivity index (χ1v) is 8.85. The van der Waals surface area contributed by atoms with Gasteiger partial charge in [0.25, 0.3) is 0 Å². The van der Waals surface area contributed by atoms with Crippen LogP contribution >= 0.6 is 11.3 Å². The average Bonchev–Trinajstić information content (AvgIpc) is 3.24. The molecule has 1 saturated carbocycles. The minimum absolute atomic E-state index is 0.0492. The van der Waals surface area contributed by atoms with Crippen molar-refractivity contribution in [2.75, 3.05) is 6.61 Å². The second-order valence-corrected chi connectivity index (χ2v) is 7.02. The van der Waals surface area contributed by atoms with Crippen LogP contribution in [0.2, 0.25) is 0 Å². The Morgan fingerprint density at radius 2 is 2.29 bits per heavy atom. The molecule has 1 saturated heterocycles. The molecule has 0 spiro atoms. The molecule has 116 valence electrons. The Morgan fingerprint density at radius 3 is 3.05 bits per heavy atom. The zero-order valence-corrected chi connectivity index (χ0v) is 13.4. The molecule has 0 bridgehead atoms. The molecular weight excluding hydrogens is 284 g/mol. The van der Waals surface area contributed by atoms with Crippen molar-refractivity contribution in [3.8, 4) is 0 Å². The molecule has 1 aliphatic heterocycles. The van der Waals surface area contributed by atoms with Crippen LogP contribution < -0.4 is 10.6 Å². The van der Waals surface area contributed by atoms with E-state index in [1.54, 1.807) is 11.3 Å². The predicted molar refractivity (Wildman–Crippen MR) is 84.6 cm³/mol. The van der Waals surface area contributed by atoms with Crippen molar-refractivity contribution < 1.29 is 9.53 Å². The van der Waals surface area contributed by atoms with E-state index < -0.39 is 0 Å². The number of amides is 2. The van der Waals surface area contributed by atoms with E-state index >= 15 is 0 Å². The normalized spacial score (nSPS) is 25.6. The second kappa shape index (κ2) is 6.79. The van der Waals surface area contributed by atoms with Gasteiger partial charge >= 0.3 is 6.03 Å². The maximum Gasteiger partial charge on any atom is 0.315 e. The van der Waals surface area contributed by atoms with Crippen molar-refractivity contribution in [1.29, 1.82) is 0 Å². The first-order chi connectivity index (χ1) is 10.3. The van der Waals surface area contributed by atoms with Crippen molar-refractivity contribution in [3.05, 3.63) is 21.9 Å². The SMILES string of the molecule is CCc1ccsc1CNC(=O)N[C@H]1CCO[C@H](C2CC2)C1. The lowest BCUT2D eigenvalue weighted by Crippen LogP contribution is -2.46. The summed E-state index contributed by atoms with van der Waals surface area (Å²) in [5, 5.41) is 8.18. The van der Waals surface area contributed by atoms with Crippen LogP contribution in [0.1, 0.15) is 43.0 Å². The third-order valence-corrected chi connectivity index (χ3v) is 5.39. The van der Waals surface area contributed by atoms with Gasteiger partial charge in [-0.25, -0.2) is 4.79 Å². The van der Waals surface area contributed by atoms with Crippen LogP contribution in [0.3, 0.4) is 0 Å². The maximum atomic E-state index is 12.0. The molecule has 0 radical (unpaired) electrons. The van der Waals surface area contributed by atoms with Gasteiger partial charge < -0.3 is 15.4 Å². The van der Waals surface area contributed by atoms with Gasteiger partial charge in [-0.3, -0.25) is 0 Å². The van der Waals surface area contributed by atoms with E-state index in [0.29, 0.717) is 12.6 Å². The summed E-state index contributed by atoms with van der Waals surface area (Å²) >= 11 is 1.71. The Kier molecular flexibility index (Phi) is 4.80. The van der Waals surface area contributed by atoms with E-state index in [1.807, 2.05) is 0 Å². The molecule has 3 rings (SSSR count). The highest BCUT2D eigenvalue weighted by molar-refractivity contribution is 7.10. The van der Waals surface area contributed by atoms with Gasteiger partial charge in [0.15, 0.2) is 0 Å². The number of thiophene rings is 1. The van der Waals surface area contributed by atoms with Gasteiger partial charge in [-0.2, -0.15) is 0 Å². The Labute approximate surface area is 130 Å². The molecule has 2 heterocycles. The number of carbonyl (C=O) groups is 1. The van der Waals surface area contributed by atoms with E-state index in [-0.39, 0.29) is 12.1 Å². The summed E-state index contributed by atoms with van der Waals surface area (Å²) < 4.78 is 5.79. The lowest BCUT2D eigenvalue weighted by Gasteiger charge is -2.30. The summed E-state index contributed by atoms with van der Waals surface area (Å²) in [6, 6.07) is 2.35. The fourth-order valence-electron chi connectivity index (χ4n) is 2.99. The molecule has 4 nitrogen and oxygen atoms in total. The van der Waals surface area contributed by atoms with Crippen molar-refractivity contribution in [1.82, 2.24) is 10.6 Å². The zero-order chi connectivity index (χ0) is 14.7. The minimum atomic E-state index is -0.0492. The first-order valence-electron chi connectivity index (χ1n) is 7.97. The highest BCUT2D eigenvalue weighted by atomic mass is 32.1. The van der Waals surface area contributed by atoms with Crippen molar-refractivity contribution in [3.63, 3.8) is 0 Å². The van der Waals surface area contributed by atoms with E-state index in [2.05, 4.69) is 29.0 Å². The lowest BCUT2D eigenvalue weighted by molar-refractivity contribution is -0.00914. The number of urea groups is 1. The van der Waals surface area contributed by atoms with Crippen LogP contribution in [-0.4, -0.2) is 24.8 Å². The molecule has 5 heteroatoms. The third kappa shape index (κ3) is 3.98. The number of rotatable bonds is 5. The molecule has 2 aliphatic rings. The van der Waals surface area contributed by atoms with Gasteiger partial charge in [0, 0.05) is 17.5 Å². The van der Waals surface area contributed by atoms with Crippen LogP contribution in [0.5, 0.6) is 0 Å². The van der Waals surface area contributed by atoms with Gasteiger partial charge in [-0.1, -0.05) is 6.92 Å². The van der Waals surface area contributed by atoms with Crippen molar-refractivity contribution in [2.45, 2.75) is 57.7 Å². The summed E-state index contributed by atoms with van der Waals surface area (Å²) in [5.74, 6) is 0.746. The van der Waals surface area contributed by atoms with Crippen LogP contribution in [-0.2, 0) is 17.7 Å². The smallest absolute Gasteiger partial charge is 0.315 e. The van der Waals surface area contributed by atoms with Crippen LogP contribution in [0, 0.1) is 5.92 Å². The predicted octanol–water partition coefficient (Wildman–Crippen LogP) is 3.07. The number of hydrogen-bond acceptors (Lipinski definition) is 3.